The van der Waals surface area contributed by atoms with Crippen LogP contribution in [0.2, 0.25) is 0 Å². The van der Waals surface area contributed by atoms with Crippen LogP contribution in [0.25, 0.3) is 0 Å². The number of amides is 1. The first kappa shape index (κ1) is 14.7. The summed E-state index contributed by atoms with van der Waals surface area (Å²) < 4.78 is 5.30. The minimum atomic E-state index is -0.552. The summed E-state index contributed by atoms with van der Waals surface area (Å²) in [7, 11) is 0. The molecule has 1 aliphatic carbocycles. The molecule has 0 saturated heterocycles. The van der Waals surface area contributed by atoms with Crippen LogP contribution in [0.1, 0.15) is 32.6 Å². The summed E-state index contributed by atoms with van der Waals surface area (Å²) in [6.07, 6.45) is 3.85. The molecule has 0 radical (unpaired) electrons. The van der Waals surface area contributed by atoms with Gasteiger partial charge in [-0.3, -0.25) is 4.79 Å². The van der Waals surface area contributed by atoms with Crippen molar-refractivity contribution in [1.29, 1.82) is 0 Å². The molecule has 0 unspecified atom stereocenters. The van der Waals surface area contributed by atoms with E-state index >= 15 is 0 Å². The van der Waals surface area contributed by atoms with Crippen molar-refractivity contribution in [2.45, 2.75) is 38.1 Å². The van der Waals surface area contributed by atoms with Crippen molar-refractivity contribution in [3.05, 3.63) is 0 Å². The van der Waals surface area contributed by atoms with Crippen molar-refractivity contribution in [3.8, 4) is 0 Å². The molecule has 4 nitrogen and oxygen atoms in total. The third-order valence-electron chi connectivity index (χ3n) is 2.42. The van der Waals surface area contributed by atoms with Crippen molar-refractivity contribution in [2.75, 3.05) is 19.8 Å². The summed E-state index contributed by atoms with van der Waals surface area (Å²) in [5.74, 6) is -0.0309. The van der Waals surface area contributed by atoms with E-state index in [0.29, 0.717) is 13.2 Å². The van der Waals surface area contributed by atoms with Crippen LogP contribution in [0.5, 0.6) is 0 Å². The summed E-state index contributed by atoms with van der Waals surface area (Å²) in [6, 6.07) is 0. The summed E-state index contributed by atoms with van der Waals surface area (Å²) >= 11 is 0. The van der Waals surface area contributed by atoms with E-state index in [9.17, 15) is 4.79 Å². The Morgan fingerprint density at radius 2 is 2.13 bits per heavy atom. The number of nitrogens with two attached hydrogens (primary N) is 1. The fourth-order valence-corrected chi connectivity index (χ4v) is 1.12. The third kappa shape index (κ3) is 5.35. The van der Waals surface area contributed by atoms with Crippen LogP contribution in [0.4, 0.5) is 0 Å². The Morgan fingerprint density at radius 3 is 2.67 bits per heavy atom. The molecule has 15 heavy (non-hydrogen) atoms. The second-order valence-corrected chi connectivity index (χ2v) is 3.88. The van der Waals surface area contributed by atoms with E-state index in [-0.39, 0.29) is 18.3 Å². The van der Waals surface area contributed by atoms with Crippen LogP contribution < -0.4 is 11.1 Å². The highest BCUT2D eigenvalue weighted by molar-refractivity contribution is 5.88. The minimum absolute atomic E-state index is 0. The van der Waals surface area contributed by atoms with Crippen LogP contribution >= 0.6 is 12.4 Å². The summed E-state index contributed by atoms with van der Waals surface area (Å²) in [5, 5.41) is 2.77. The van der Waals surface area contributed by atoms with Crippen molar-refractivity contribution < 1.29 is 9.53 Å². The van der Waals surface area contributed by atoms with Gasteiger partial charge < -0.3 is 15.8 Å². The zero-order valence-corrected chi connectivity index (χ0v) is 10.1. The number of hydrogen-bond donors (Lipinski definition) is 2. The molecule has 3 N–H and O–H groups in total. The van der Waals surface area contributed by atoms with Gasteiger partial charge in [-0.2, -0.15) is 0 Å². The van der Waals surface area contributed by atoms with Gasteiger partial charge in [0, 0.05) is 13.2 Å². The Bertz CT molecular complexity index is 196. The highest BCUT2D eigenvalue weighted by Gasteiger charge is 2.45. The first-order chi connectivity index (χ1) is 6.69. The van der Waals surface area contributed by atoms with Crippen LogP contribution in [-0.2, 0) is 9.53 Å². The van der Waals surface area contributed by atoms with Crippen molar-refractivity contribution in [1.82, 2.24) is 5.32 Å². The van der Waals surface area contributed by atoms with E-state index in [4.69, 9.17) is 10.5 Å². The normalized spacial score (nSPS) is 16.7. The molecule has 1 saturated carbocycles. The van der Waals surface area contributed by atoms with Gasteiger partial charge in [-0.05, 0) is 19.3 Å². The van der Waals surface area contributed by atoms with Gasteiger partial charge >= 0.3 is 0 Å². The largest absolute Gasteiger partial charge is 0.380 e. The average molecular weight is 237 g/mol. The predicted octanol–water partition coefficient (Wildman–Crippen LogP) is 0.832. The molecule has 1 fully saturated rings. The molecular weight excluding hydrogens is 216 g/mol. The average Bonchev–Trinajstić information content (AvgIpc) is 2.91. The zero-order chi connectivity index (χ0) is 10.4. The Hall–Kier alpha value is -0.320. The second kappa shape index (κ2) is 7.04. The lowest BCUT2D eigenvalue weighted by Crippen LogP contribution is -2.43. The fourth-order valence-electron chi connectivity index (χ4n) is 1.12. The van der Waals surface area contributed by atoms with Crippen molar-refractivity contribution in [2.24, 2.45) is 5.73 Å². The van der Waals surface area contributed by atoms with Gasteiger partial charge in [0.1, 0.15) is 0 Å². The number of ether oxygens (including phenoxy) is 1. The maximum absolute atomic E-state index is 11.3. The molecule has 0 heterocycles. The third-order valence-corrected chi connectivity index (χ3v) is 2.42. The molecule has 0 aliphatic heterocycles. The van der Waals surface area contributed by atoms with Gasteiger partial charge in [0.05, 0.1) is 12.1 Å². The maximum atomic E-state index is 11.3. The number of hydrogen-bond acceptors (Lipinski definition) is 3. The fraction of sp³-hybridized carbons (Fsp3) is 0.900. The van der Waals surface area contributed by atoms with Gasteiger partial charge in [0.15, 0.2) is 0 Å². The van der Waals surface area contributed by atoms with Crippen LogP contribution in [0.3, 0.4) is 0 Å². The van der Waals surface area contributed by atoms with Gasteiger partial charge in [-0.25, -0.2) is 0 Å². The van der Waals surface area contributed by atoms with Crippen LogP contribution in [0, 0.1) is 0 Å². The summed E-state index contributed by atoms with van der Waals surface area (Å²) in [5.41, 5.74) is 5.15. The van der Waals surface area contributed by atoms with Gasteiger partial charge in [0.25, 0.3) is 0 Å². The topological polar surface area (TPSA) is 64.3 Å². The molecular formula is C10H21ClN2O2. The number of unbranched alkanes of at least 4 members (excludes halogenated alkanes) is 1. The number of carbonyl (C=O) groups is 1. The van der Waals surface area contributed by atoms with Crippen LogP contribution in [-0.4, -0.2) is 31.2 Å². The molecule has 1 aliphatic rings. The van der Waals surface area contributed by atoms with E-state index in [1.807, 2.05) is 0 Å². The van der Waals surface area contributed by atoms with Crippen molar-refractivity contribution >= 4 is 18.3 Å². The van der Waals surface area contributed by atoms with E-state index in [0.717, 1.165) is 32.3 Å². The number of nitrogens with one attached hydrogen (secondary N) is 1. The molecule has 5 heteroatoms. The number of carbonyl (C=O) groups excluding carboxylic acids is 1. The quantitative estimate of drug-likeness (QED) is 0.644. The van der Waals surface area contributed by atoms with E-state index in [1.54, 1.807) is 0 Å². The molecule has 0 atom stereocenters. The lowest BCUT2D eigenvalue weighted by molar-refractivity contribution is -0.123. The Kier molecular flexibility index (Phi) is 6.89. The number of halogens is 1. The standard InChI is InChI=1S/C10H20N2O2.ClH/c1-2-3-7-14-8-6-12-9(13)10(11)4-5-10;/h2-8,11H2,1H3,(H,12,13);1H. The summed E-state index contributed by atoms with van der Waals surface area (Å²) in [4.78, 5) is 11.3. The summed E-state index contributed by atoms with van der Waals surface area (Å²) in [6.45, 7) is 4.06. The van der Waals surface area contributed by atoms with Gasteiger partial charge in [-0.15, -0.1) is 12.4 Å². The number of rotatable bonds is 7. The van der Waals surface area contributed by atoms with E-state index in [2.05, 4.69) is 12.2 Å². The van der Waals surface area contributed by atoms with Crippen LogP contribution in [0.15, 0.2) is 0 Å². The van der Waals surface area contributed by atoms with Crippen molar-refractivity contribution in [3.63, 3.8) is 0 Å². The minimum Gasteiger partial charge on any atom is -0.380 e. The Morgan fingerprint density at radius 1 is 1.47 bits per heavy atom. The maximum Gasteiger partial charge on any atom is 0.240 e. The highest BCUT2D eigenvalue weighted by atomic mass is 35.5. The molecule has 1 rings (SSSR count). The van der Waals surface area contributed by atoms with Gasteiger partial charge in [0.2, 0.25) is 5.91 Å². The lowest BCUT2D eigenvalue weighted by Gasteiger charge is -2.09. The second-order valence-electron chi connectivity index (χ2n) is 3.88. The van der Waals surface area contributed by atoms with E-state index < -0.39 is 5.54 Å². The Balaban J connectivity index is 0.00000196. The molecule has 0 spiro atoms. The smallest absolute Gasteiger partial charge is 0.240 e. The molecule has 0 aromatic rings. The molecule has 0 bridgehead atoms. The predicted molar refractivity (Wildman–Crippen MR) is 62.1 cm³/mol. The SMILES string of the molecule is CCCCOCCNC(=O)C1(N)CC1.Cl. The molecule has 0 aromatic carbocycles. The molecule has 0 aromatic heterocycles. The monoisotopic (exact) mass is 236 g/mol. The molecule has 90 valence electrons. The van der Waals surface area contributed by atoms with E-state index in [1.165, 1.54) is 0 Å². The lowest BCUT2D eigenvalue weighted by atomic mass is 10.3. The zero-order valence-electron chi connectivity index (χ0n) is 9.25. The first-order valence-corrected chi connectivity index (χ1v) is 5.34. The van der Waals surface area contributed by atoms with Gasteiger partial charge in [-0.1, -0.05) is 13.3 Å². The Labute approximate surface area is 97.3 Å². The molecule has 1 amide bonds. The first-order valence-electron chi connectivity index (χ1n) is 5.34. The highest BCUT2D eigenvalue weighted by Crippen LogP contribution is 2.31.